The van der Waals surface area contributed by atoms with Crippen LogP contribution in [-0.2, 0) is 6.54 Å². The Labute approximate surface area is 98.7 Å². The Morgan fingerprint density at radius 1 is 1.24 bits per heavy atom. The van der Waals surface area contributed by atoms with Crippen LogP contribution in [0, 0.1) is 0 Å². The Morgan fingerprint density at radius 3 is 2.59 bits per heavy atom. The molecular formula is C12H12N4O. The van der Waals surface area contributed by atoms with Crippen LogP contribution in [0.2, 0.25) is 0 Å². The third-order valence-corrected chi connectivity index (χ3v) is 2.29. The highest BCUT2D eigenvalue weighted by Gasteiger charge is 1.99. The van der Waals surface area contributed by atoms with Crippen LogP contribution in [0.1, 0.15) is 16.1 Å². The van der Waals surface area contributed by atoms with Crippen LogP contribution >= 0.6 is 0 Å². The molecule has 0 spiro atoms. The van der Waals surface area contributed by atoms with Crippen molar-refractivity contribution in [3.05, 3.63) is 54.1 Å². The highest BCUT2D eigenvalue weighted by Crippen LogP contribution is 2.10. The summed E-state index contributed by atoms with van der Waals surface area (Å²) in [4.78, 5) is 18.8. The number of anilines is 1. The molecular weight excluding hydrogens is 216 g/mol. The number of hydrogen-bond donors (Lipinski definition) is 2. The van der Waals surface area contributed by atoms with Crippen molar-refractivity contribution in [2.45, 2.75) is 6.54 Å². The van der Waals surface area contributed by atoms with E-state index in [4.69, 9.17) is 5.73 Å². The summed E-state index contributed by atoms with van der Waals surface area (Å²) in [5.41, 5.74) is 7.46. The minimum atomic E-state index is -0.424. The monoisotopic (exact) mass is 228 g/mol. The Morgan fingerprint density at radius 2 is 2.00 bits per heavy atom. The van der Waals surface area contributed by atoms with E-state index in [9.17, 15) is 4.79 Å². The van der Waals surface area contributed by atoms with E-state index in [0.717, 1.165) is 11.4 Å². The third-order valence-electron chi connectivity index (χ3n) is 2.29. The van der Waals surface area contributed by atoms with Gasteiger partial charge >= 0.3 is 0 Å². The molecule has 5 heteroatoms. The van der Waals surface area contributed by atoms with E-state index in [-0.39, 0.29) is 0 Å². The van der Waals surface area contributed by atoms with E-state index >= 15 is 0 Å². The number of hydrogen-bond acceptors (Lipinski definition) is 4. The molecule has 0 bridgehead atoms. The van der Waals surface area contributed by atoms with E-state index < -0.39 is 5.91 Å². The molecule has 0 aliphatic carbocycles. The smallest absolute Gasteiger partial charge is 0.248 e. The number of primary amides is 1. The Balaban J connectivity index is 1.98. The fourth-order valence-corrected chi connectivity index (χ4v) is 1.37. The highest BCUT2D eigenvalue weighted by molar-refractivity contribution is 5.93. The minimum Gasteiger partial charge on any atom is -0.379 e. The lowest BCUT2D eigenvalue weighted by molar-refractivity contribution is 0.100. The van der Waals surface area contributed by atoms with Gasteiger partial charge in [-0.3, -0.25) is 4.79 Å². The molecule has 1 heterocycles. The first-order valence-corrected chi connectivity index (χ1v) is 5.14. The standard InChI is InChI=1S/C12H12N4O/c13-12(17)9-1-3-10(4-2-9)15-7-11-5-6-14-8-16-11/h1-6,8,15H,7H2,(H2,13,17). The topological polar surface area (TPSA) is 80.9 Å². The number of rotatable bonds is 4. The number of benzene rings is 1. The maximum Gasteiger partial charge on any atom is 0.248 e. The zero-order valence-corrected chi connectivity index (χ0v) is 9.13. The molecule has 0 atom stereocenters. The zero-order valence-electron chi connectivity index (χ0n) is 9.13. The molecule has 0 aliphatic heterocycles. The van der Waals surface area contributed by atoms with E-state index in [1.165, 1.54) is 6.33 Å². The van der Waals surface area contributed by atoms with Crippen molar-refractivity contribution < 1.29 is 4.79 Å². The van der Waals surface area contributed by atoms with Crippen LogP contribution in [0.3, 0.4) is 0 Å². The number of carbonyl (C=O) groups excluding carboxylic acids is 1. The van der Waals surface area contributed by atoms with Crippen molar-refractivity contribution in [3.63, 3.8) is 0 Å². The van der Waals surface area contributed by atoms with Gasteiger partial charge < -0.3 is 11.1 Å². The van der Waals surface area contributed by atoms with Crippen molar-refractivity contribution in [2.75, 3.05) is 5.32 Å². The molecule has 2 aromatic rings. The summed E-state index contributed by atoms with van der Waals surface area (Å²) in [6.07, 6.45) is 3.20. The van der Waals surface area contributed by atoms with Gasteiger partial charge in [0.15, 0.2) is 0 Å². The Hall–Kier alpha value is -2.43. The van der Waals surface area contributed by atoms with Gasteiger partial charge in [0.05, 0.1) is 12.2 Å². The summed E-state index contributed by atoms with van der Waals surface area (Å²) < 4.78 is 0. The molecule has 0 fully saturated rings. The second kappa shape index (κ2) is 5.07. The number of nitrogens with two attached hydrogens (primary N) is 1. The van der Waals surface area contributed by atoms with Gasteiger partial charge in [0.2, 0.25) is 5.91 Å². The van der Waals surface area contributed by atoms with E-state index in [0.29, 0.717) is 12.1 Å². The van der Waals surface area contributed by atoms with Crippen molar-refractivity contribution in [2.24, 2.45) is 5.73 Å². The van der Waals surface area contributed by atoms with Crippen LogP contribution in [0.5, 0.6) is 0 Å². The van der Waals surface area contributed by atoms with E-state index in [1.54, 1.807) is 30.5 Å². The molecule has 0 saturated heterocycles. The third kappa shape index (κ3) is 3.01. The molecule has 0 unspecified atom stereocenters. The first-order valence-electron chi connectivity index (χ1n) is 5.14. The van der Waals surface area contributed by atoms with E-state index in [1.807, 2.05) is 6.07 Å². The van der Waals surface area contributed by atoms with Gasteiger partial charge in [0.1, 0.15) is 6.33 Å². The van der Waals surface area contributed by atoms with Gasteiger partial charge in [-0.1, -0.05) is 0 Å². The summed E-state index contributed by atoms with van der Waals surface area (Å²) >= 11 is 0. The maximum absolute atomic E-state index is 10.9. The van der Waals surface area contributed by atoms with Crippen LogP contribution in [-0.4, -0.2) is 15.9 Å². The Bertz CT molecular complexity index is 496. The summed E-state index contributed by atoms with van der Waals surface area (Å²) in [5, 5.41) is 3.18. The minimum absolute atomic E-state index is 0.424. The SMILES string of the molecule is NC(=O)c1ccc(NCc2ccncn2)cc1. The largest absolute Gasteiger partial charge is 0.379 e. The quantitative estimate of drug-likeness (QED) is 0.823. The first kappa shape index (κ1) is 11.1. The first-order chi connectivity index (χ1) is 8.25. The molecule has 5 nitrogen and oxygen atoms in total. The molecule has 0 radical (unpaired) electrons. The van der Waals surface area contributed by atoms with Gasteiger partial charge in [0.25, 0.3) is 0 Å². The van der Waals surface area contributed by atoms with E-state index in [2.05, 4.69) is 15.3 Å². The molecule has 0 aliphatic rings. The van der Waals surface area contributed by atoms with Gasteiger partial charge in [-0.2, -0.15) is 0 Å². The second-order valence-corrected chi connectivity index (χ2v) is 3.50. The fraction of sp³-hybridized carbons (Fsp3) is 0.0833. The van der Waals surface area contributed by atoms with Crippen molar-refractivity contribution in [1.29, 1.82) is 0 Å². The molecule has 86 valence electrons. The maximum atomic E-state index is 10.9. The molecule has 1 aromatic heterocycles. The predicted octanol–water partition coefficient (Wildman–Crippen LogP) is 1.19. The molecule has 3 N–H and O–H groups in total. The average Bonchev–Trinajstić information content (AvgIpc) is 2.38. The zero-order chi connectivity index (χ0) is 12.1. The Kier molecular flexibility index (Phi) is 3.30. The number of nitrogens with one attached hydrogen (secondary N) is 1. The van der Waals surface area contributed by atoms with Crippen LogP contribution in [0.4, 0.5) is 5.69 Å². The molecule has 0 saturated carbocycles. The highest BCUT2D eigenvalue weighted by atomic mass is 16.1. The molecule has 2 rings (SSSR count). The van der Waals surface area contributed by atoms with Gasteiger partial charge in [-0.05, 0) is 30.3 Å². The van der Waals surface area contributed by atoms with Crippen LogP contribution in [0.25, 0.3) is 0 Å². The average molecular weight is 228 g/mol. The summed E-state index contributed by atoms with van der Waals surface area (Å²) in [5.74, 6) is -0.424. The molecule has 1 amide bonds. The number of amides is 1. The van der Waals surface area contributed by atoms with Crippen molar-refractivity contribution >= 4 is 11.6 Å². The van der Waals surface area contributed by atoms with Gasteiger partial charge in [-0.25, -0.2) is 9.97 Å². The normalized spacial score (nSPS) is 9.88. The number of aromatic nitrogens is 2. The van der Waals surface area contributed by atoms with Crippen molar-refractivity contribution in [3.8, 4) is 0 Å². The lowest BCUT2D eigenvalue weighted by Gasteiger charge is -2.05. The predicted molar refractivity (Wildman–Crippen MR) is 64.3 cm³/mol. The van der Waals surface area contributed by atoms with Crippen LogP contribution < -0.4 is 11.1 Å². The lowest BCUT2D eigenvalue weighted by Crippen LogP contribution is -2.10. The number of carbonyl (C=O) groups is 1. The van der Waals surface area contributed by atoms with Crippen molar-refractivity contribution in [1.82, 2.24) is 9.97 Å². The lowest BCUT2D eigenvalue weighted by atomic mass is 10.2. The second-order valence-electron chi connectivity index (χ2n) is 3.50. The molecule has 17 heavy (non-hydrogen) atoms. The van der Waals surface area contributed by atoms with Gasteiger partial charge in [0, 0.05) is 17.4 Å². The summed E-state index contributed by atoms with van der Waals surface area (Å²) in [6.45, 7) is 0.610. The summed E-state index contributed by atoms with van der Waals surface area (Å²) in [7, 11) is 0. The number of nitrogens with zero attached hydrogens (tertiary/aromatic N) is 2. The van der Waals surface area contributed by atoms with Crippen LogP contribution in [0.15, 0.2) is 42.9 Å². The molecule has 1 aromatic carbocycles. The summed E-state index contributed by atoms with van der Waals surface area (Å²) in [6, 6.07) is 8.82. The fourth-order valence-electron chi connectivity index (χ4n) is 1.37. The van der Waals surface area contributed by atoms with Gasteiger partial charge in [-0.15, -0.1) is 0 Å².